The van der Waals surface area contributed by atoms with E-state index in [9.17, 15) is 9.59 Å². The molecule has 1 aliphatic heterocycles. The Morgan fingerprint density at radius 1 is 1.24 bits per heavy atom. The number of carbonyl (C=O) groups excluding carboxylic acids is 2. The van der Waals surface area contributed by atoms with Crippen LogP contribution < -0.4 is 5.32 Å². The molecule has 132 valence electrons. The van der Waals surface area contributed by atoms with Crippen LogP contribution in [0, 0.1) is 0 Å². The first kappa shape index (κ1) is 17.2. The Hall–Kier alpha value is -2.67. The molecule has 3 rings (SSSR count). The lowest BCUT2D eigenvalue weighted by Crippen LogP contribution is -2.18. The number of rotatable bonds is 6. The van der Waals surface area contributed by atoms with Gasteiger partial charge in [0.05, 0.1) is 18.7 Å². The fourth-order valence-corrected chi connectivity index (χ4v) is 2.75. The Morgan fingerprint density at radius 2 is 1.96 bits per heavy atom. The molecule has 25 heavy (non-hydrogen) atoms. The first-order valence-corrected chi connectivity index (χ1v) is 8.42. The molecule has 1 aliphatic rings. The second kappa shape index (κ2) is 7.94. The highest BCUT2D eigenvalue weighted by molar-refractivity contribution is 6.03. The number of hydrogen-bond acceptors (Lipinski definition) is 6. The Bertz CT molecular complexity index is 733. The summed E-state index contributed by atoms with van der Waals surface area (Å²) in [6.07, 6.45) is 2.40. The first-order valence-electron chi connectivity index (χ1n) is 8.42. The first-order chi connectivity index (χ1) is 12.2. The Balaban J connectivity index is 1.58. The van der Waals surface area contributed by atoms with Gasteiger partial charge in [-0.05, 0) is 57.1 Å². The standard InChI is InChI=1S/C18H21N3O4/c1-2-24-18(23)13-5-7-14(8-6-13)19-17(22)16-11-15(25-20-16)12-21-9-3-4-10-21/h5-8,11H,2-4,9-10,12H2,1H3,(H,19,22). The quantitative estimate of drug-likeness (QED) is 0.812. The lowest BCUT2D eigenvalue weighted by atomic mass is 10.2. The molecule has 1 amide bonds. The summed E-state index contributed by atoms with van der Waals surface area (Å²) in [6.45, 7) is 4.85. The Morgan fingerprint density at radius 3 is 2.64 bits per heavy atom. The van der Waals surface area contributed by atoms with Crippen LogP contribution in [0.15, 0.2) is 34.9 Å². The Labute approximate surface area is 145 Å². The minimum Gasteiger partial charge on any atom is -0.462 e. The van der Waals surface area contributed by atoms with Crippen molar-refractivity contribution in [2.24, 2.45) is 0 Å². The van der Waals surface area contributed by atoms with Crippen LogP contribution in [0.2, 0.25) is 0 Å². The molecule has 7 heteroatoms. The van der Waals surface area contributed by atoms with Gasteiger partial charge in [-0.15, -0.1) is 0 Å². The minimum absolute atomic E-state index is 0.240. The van der Waals surface area contributed by atoms with E-state index >= 15 is 0 Å². The summed E-state index contributed by atoms with van der Waals surface area (Å²) in [4.78, 5) is 26.1. The van der Waals surface area contributed by atoms with Crippen molar-refractivity contribution in [3.63, 3.8) is 0 Å². The fraction of sp³-hybridized carbons (Fsp3) is 0.389. The zero-order chi connectivity index (χ0) is 17.6. The number of nitrogens with zero attached hydrogens (tertiary/aromatic N) is 2. The second-order valence-electron chi connectivity index (χ2n) is 5.91. The van der Waals surface area contributed by atoms with Gasteiger partial charge in [0, 0.05) is 11.8 Å². The molecule has 0 unspecified atom stereocenters. The van der Waals surface area contributed by atoms with Crippen molar-refractivity contribution in [1.29, 1.82) is 0 Å². The number of aromatic nitrogens is 1. The third-order valence-corrected chi connectivity index (χ3v) is 4.02. The maximum absolute atomic E-state index is 12.2. The normalized spacial score (nSPS) is 14.4. The molecule has 0 atom stereocenters. The maximum atomic E-state index is 12.2. The highest BCUT2D eigenvalue weighted by Gasteiger charge is 2.17. The van der Waals surface area contributed by atoms with E-state index in [1.54, 1.807) is 37.3 Å². The smallest absolute Gasteiger partial charge is 0.338 e. The fourth-order valence-electron chi connectivity index (χ4n) is 2.75. The molecule has 0 bridgehead atoms. The zero-order valence-corrected chi connectivity index (χ0v) is 14.2. The van der Waals surface area contributed by atoms with Crippen molar-refractivity contribution in [3.8, 4) is 0 Å². The van der Waals surface area contributed by atoms with Crippen LogP contribution in [0.3, 0.4) is 0 Å². The average Bonchev–Trinajstić information content (AvgIpc) is 3.28. The maximum Gasteiger partial charge on any atom is 0.338 e. The average molecular weight is 343 g/mol. The van der Waals surface area contributed by atoms with Crippen molar-refractivity contribution in [1.82, 2.24) is 10.1 Å². The summed E-state index contributed by atoms with van der Waals surface area (Å²) < 4.78 is 10.2. The number of esters is 1. The number of benzene rings is 1. The minimum atomic E-state index is -0.386. The Kier molecular flexibility index (Phi) is 5.45. The summed E-state index contributed by atoms with van der Waals surface area (Å²) >= 11 is 0. The highest BCUT2D eigenvalue weighted by Crippen LogP contribution is 2.15. The van der Waals surface area contributed by atoms with E-state index in [0.29, 0.717) is 30.2 Å². The zero-order valence-electron chi connectivity index (χ0n) is 14.2. The van der Waals surface area contributed by atoms with Gasteiger partial charge >= 0.3 is 5.97 Å². The number of likely N-dealkylation sites (tertiary alicyclic amines) is 1. The molecular weight excluding hydrogens is 322 g/mol. The van der Waals surface area contributed by atoms with Crippen molar-refractivity contribution in [3.05, 3.63) is 47.3 Å². The second-order valence-corrected chi connectivity index (χ2v) is 5.91. The van der Waals surface area contributed by atoms with Crippen LogP contribution in [0.25, 0.3) is 0 Å². The molecule has 0 spiro atoms. The van der Waals surface area contributed by atoms with Gasteiger partial charge in [-0.1, -0.05) is 5.16 Å². The predicted molar refractivity (Wildman–Crippen MR) is 91.4 cm³/mol. The molecule has 1 saturated heterocycles. The molecular formula is C18H21N3O4. The number of nitrogens with one attached hydrogen (secondary N) is 1. The van der Waals surface area contributed by atoms with Gasteiger partial charge in [0.1, 0.15) is 0 Å². The van der Waals surface area contributed by atoms with E-state index in [2.05, 4.69) is 15.4 Å². The molecule has 2 aromatic rings. The summed E-state index contributed by atoms with van der Waals surface area (Å²) in [7, 11) is 0. The molecule has 1 fully saturated rings. The third kappa shape index (κ3) is 4.45. The van der Waals surface area contributed by atoms with Gasteiger partial charge < -0.3 is 14.6 Å². The summed E-state index contributed by atoms with van der Waals surface area (Å²) in [5.41, 5.74) is 1.25. The number of hydrogen-bond donors (Lipinski definition) is 1. The van der Waals surface area contributed by atoms with Crippen molar-refractivity contribution in [2.45, 2.75) is 26.3 Å². The van der Waals surface area contributed by atoms with Crippen LogP contribution in [0.4, 0.5) is 5.69 Å². The monoisotopic (exact) mass is 343 g/mol. The SMILES string of the molecule is CCOC(=O)c1ccc(NC(=O)c2cc(CN3CCCC3)on2)cc1. The number of amides is 1. The van der Waals surface area contributed by atoms with Gasteiger partial charge in [0.2, 0.25) is 0 Å². The molecule has 0 radical (unpaired) electrons. The highest BCUT2D eigenvalue weighted by atomic mass is 16.5. The van der Waals surface area contributed by atoms with Crippen molar-refractivity contribution < 1.29 is 18.8 Å². The van der Waals surface area contributed by atoms with Crippen molar-refractivity contribution >= 4 is 17.6 Å². The molecule has 1 aromatic heterocycles. The van der Waals surface area contributed by atoms with E-state index < -0.39 is 0 Å². The molecule has 7 nitrogen and oxygen atoms in total. The number of ether oxygens (including phenoxy) is 1. The third-order valence-electron chi connectivity index (χ3n) is 4.02. The molecule has 0 aliphatic carbocycles. The van der Waals surface area contributed by atoms with E-state index in [0.717, 1.165) is 13.1 Å². The molecule has 2 heterocycles. The van der Waals surface area contributed by atoms with Gasteiger partial charge in [-0.2, -0.15) is 0 Å². The lowest BCUT2D eigenvalue weighted by molar-refractivity contribution is 0.0526. The van der Waals surface area contributed by atoms with E-state index in [1.165, 1.54) is 12.8 Å². The summed E-state index contributed by atoms with van der Waals surface area (Å²) in [6, 6.07) is 8.18. The number of carbonyl (C=O) groups is 2. The lowest BCUT2D eigenvalue weighted by Gasteiger charge is -2.10. The molecule has 1 aromatic carbocycles. The van der Waals surface area contributed by atoms with Crippen LogP contribution in [0.5, 0.6) is 0 Å². The largest absolute Gasteiger partial charge is 0.462 e. The topological polar surface area (TPSA) is 84.7 Å². The van der Waals surface area contributed by atoms with E-state index in [4.69, 9.17) is 9.26 Å². The van der Waals surface area contributed by atoms with E-state index in [1.807, 2.05) is 0 Å². The van der Waals surface area contributed by atoms with Crippen molar-refractivity contribution in [2.75, 3.05) is 25.0 Å². The molecule has 1 N–H and O–H groups in total. The van der Waals surface area contributed by atoms with Gasteiger partial charge in [0.25, 0.3) is 5.91 Å². The van der Waals surface area contributed by atoms with Gasteiger partial charge in [-0.3, -0.25) is 9.69 Å². The van der Waals surface area contributed by atoms with Gasteiger partial charge in [0.15, 0.2) is 11.5 Å². The number of anilines is 1. The van der Waals surface area contributed by atoms with Crippen LogP contribution in [-0.2, 0) is 11.3 Å². The predicted octanol–water partition coefficient (Wildman–Crippen LogP) is 2.70. The van der Waals surface area contributed by atoms with Crippen LogP contribution in [0.1, 0.15) is 46.4 Å². The summed E-state index contributed by atoms with van der Waals surface area (Å²) in [5, 5.41) is 6.57. The van der Waals surface area contributed by atoms with E-state index in [-0.39, 0.29) is 17.6 Å². The van der Waals surface area contributed by atoms with Crippen LogP contribution >= 0.6 is 0 Å². The van der Waals surface area contributed by atoms with Gasteiger partial charge in [-0.25, -0.2) is 4.79 Å². The molecule has 0 saturated carbocycles. The summed E-state index contributed by atoms with van der Waals surface area (Å²) in [5.74, 6) is -0.0477. The van der Waals surface area contributed by atoms with Crippen LogP contribution in [-0.4, -0.2) is 41.6 Å².